The van der Waals surface area contributed by atoms with E-state index in [1.165, 1.54) is 5.56 Å². The quantitative estimate of drug-likeness (QED) is 0.536. The number of ether oxygens (including phenoxy) is 3. The van der Waals surface area contributed by atoms with E-state index in [2.05, 4.69) is 26.0 Å². The SMILES string of the molecule is CCOc1cc(C=O)ccc1OCCOc1c(C)ccc(C)c1C. The number of carbonyl (C=O) groups excluding carboxylic acids is 1. The molecule has 2 aromatic rings. The first-order chi connectivity index (χ1) is 11.6. The fourth-order valence-electron chi connectivity index (χ4n) is 2.43. The average Bonchev–Trinajstić information content (AvgIpc) is 2.59. The Kier molecular flexibility index (Phi) is 6.24. The van der Waals surface area contributed by atoms with Gasteiger partial charge in [0.05, 0.1) is 6.61 Å². The first-order valence-electron chi connectivity index (χ1n) is 8.11. The lowest BCUT2D eigenvalue weighted by molar-refractivity contribution is 0.112. The van der Waals surface area contributed by atoms with Gasteiger partial charge in [-0.3, -0.25) is 4.79 Å². The predicted molar refractivity (Wildman–Crippen MR) is 94.6 cm³/mol. The summed E-state index contributed by atoms with van der Waals surface area (Å²) < 4.78 is 17.2. The Morgan fingerprint density at radius 2 is 1.58 bits per heavy atom. The molecular weight excluding hydrogens is 304 g/mol. The minimum atomic E-state index is 0.396. The second-order valence-electron chi connectivity index (χ2n) is 5.61. The van der Waals surface area contributed by atoms with Crippen molar-refractivity contribution in [2.75, 3.05) is 19.8 Å². The lowest BCUT2D eigenvalue weighted by atomic mass is 10.1. The molecule has 0 saturated heterocycles. The number of benzene rings is 2. The fourth-order valence-corrected chi connectivity index (χ4v) is 2.43. The molecule has 0 radical (unpaired) electrons. The van der Waals surface area contributed by atoms with Crippen LogP contribution in [0.1, 0.15) is 34.0 Å². The number of hydrogen-bond acceptors (Lipinski definition) is 4. The van der Waals surface area contributed by atoms with Gasteiger partial charge in [-0.2, -0.15) is 0 Å². The van der Waals surface area contributed by atoms with Gasteiger partial charge in [0.1, 0.15) is 25.2 Å². The third kappa shape index (κ3) is 4.28. The molecule has 0 atom stereocenters. The molecule has 0 aliphatic carbocycles. The van der Waals surface area contributed by atoms with Gasteiger partial charge >= 0.3 is 0 Å². The van der Waals surface area contributed by atoms with E-state index in [-0.39, 0.29) is 0 Å². The minimum absolute atomic E-state index is 0.396. The molecule has 0 fully saturated rings. The lowest BCUT2D eigenvalue weighted by Crippen LogP contribution is -2.11. The van der Waals surface area contributed by atoms with Crippen LogP contribution >= 0.6 is 0 Å². The molecule has 0 bridgehead atoms. The van der Waals surface area contributed by atoms with Gasteiger partial charge in [-0.1, -0.05) is 12.1 Å². The topological polar surface area (TPSA) is 44.8 Å². The molecule has 0 amide bonds. The third-order valence-corrected chi connectivity index (χ3v) is 3.86. The van der Waals surface area contributed by atoms with Gasteiger partial charge in [0.15, 0.2) is 11.5 Å². The highest BCUT2D eigenvalue weighted by Gasteiger charge is 2.08. The maximum Gasteiger partial charge on any atom is 0.161 e. The molecule has 0 aromatic heterocycles. The summed E-state index contributed by atoms with van der Waals surface area (Å²) in [5.41, 5.74) is 4.04. The summed E-state index contributed by atoms with van der Waals surface area (Å²) in [6, 6.07) is 9.29. The van der Waals surface area contributed by atoms with Crippen molar-refractivity contribution in [3.8, 4) is 17.2 Å². The Hall–Kier alpha value is -2.49. The van der Waals surface area contributed by atoms with Crippen molar-refractivity contribution in [3.63, 3.8) is 0 Å². The highest BCUT2D eigenvalue weighted by molar-refractivity contribution is 5.76. The molecule has 128 valence electrons. The standard InChI is InChI=1S/C20H24O4/c1-5-22-19-12-17(13-21)8-9-18(19)23-10-11-24-20-15(3)7-6-14(2)16(20)4/h6-9,12-13H,5,10-11H2,1-4H3. The number of rotatable bonds is 8. The van der Waals surface area contributed by atoms with Crippen LogP contribution in [-0.4, -0.2) is 26.1 Å². The Morgan fingerprint density at radius 1 is 0.875 bits per heavy atom. The summed E-state index contributed by atoms with van der Waals surface area (Å²) in [5, 5.41) is 0. The van der Waals surface area contributed by atoms with Crippen LogP contribution in [0.15, 0.2) is 30.3 Å². The van der Waals surface area contributed by atoms with Crippen LogP contribution < -0.4 is 14.2 Å². The number of aryl methyl sites for hydroxylation is 2. The van der Waals surface area contributed by atoms with Crippen LogP contribution in [0.25, 0.3) is 0 Å². The van der Waals surface area contributed by atoms with Gasteiger partial charge in [-0.05, 0) is 62.6 Å². The predicted octanol–water partition coefficient (Wildman–Crippen LogP) is 4.28. The first-order valence-corrected chi connectivity index (χ1v) is 8.11. The zero-order valence-corrected chi connectivity index (χ0v) is 14.7. The second-order valence-corrected chi connectivity index (χ2v) is 5.61. The summed E-state index contributed by atoms with van der Waals surface area (Å²) >= 11 is 0. The Bertz CT molecular complexity index is 707. The molecule has 0 heterocycles. The Morgan fingerprint density at radius 3 is 2.29 bits per heavy atom. The first kappa shape index (κ1) is 17.9. The van der Waals surface area contributed by atoms with Crippen molar-refractivity contribution in [2.24, 2.45) is 0 Å². The van der Waals surface area contributed by atoms with Crippen LogP contribution in [-0.2, 0) is 0 Å². The zero-order valence-electron chi connectivity index (χ0n) is 14.7. The zero-order chi connectivity index (χ0) is 17.5. The van der Waals surface area contributed by atoms with Crippen LogP contribution in [0.5, 0.6) is 17.2 Å². The van der Waals surface area contributed by atoms with Gasteiger partial charge in [-0.25, -0.2) is 0 Å². The van der Waals surface area contributed by atoms with Crippen molar-refractivity contribution in [2.45, 2.75) is 27.7 Å². The largest absolute Gasteiger partial charge is 0.490 e. The van der Waals surface area contributed by atoms with Crippen molar-refractivity contribution >= 4 is 6.29 Å². The van der Waals surface area contributed by atoms with Gasteiger partial charge in [0.2, 0.25) is 0 Å². The molecule has 2 aromatic carbocycles. The number of aldehydes is 1. The van der Waals surface area contributed by atoms with Gasteiger partial charge in [0, 0.05) is 5.56 Å². The van der Waals surface area contributed by atoms with E-state index in [0.29, 0.717) is 36.9 Å². The van der Waals surface area contributed by atoms with Crippen LogP contribution in [0.2, 0.25) is 0 Å². The van der Waals surface area contributed by atoms with Crippen LogP contribution in [0.4, 0.5) is 0 Å². The highest BCUT2D eigenvalue weighted by Crippen LogP contribution is 2.28. The molecule has 4 nitrogen and oxygen atoms in total. The molecule has 2 rings (SSSR count). The van der Waals surface area contributed by atoms with Crippen molar-refractivity contribution in [3.05, 3.63) is 52.6 Å². The van der Waals surface area contributed by atoms with E-state index < -0.39 is 0 Å². The minimum Gasteiger partial charge on any atom is -0.490 e. The molecule has 0 aliphatic rings. The average molecular weight is 328 g/mol. The van der Waals surface area contributed by atoms with Crippen LogP contribution in [0, 0.1) is 20.8 Å². The molecule has 0 unspecified atom stereocenters. The van der Waals surface area contributed by atoms with E-state index in [4.69, 9.17) is 14.2 Å². The van der Waals surface area contributed by atoms with Crippen molar-refractivity contribution in [1.29, 1.82) is 0 Å². The third-order valence-electron chi connectivity index (χ3n) is 3.86. The van der Waals surface area contributed by atoms with E-state index >= 15 is 0 Å². The molecule has 24 heavy (non-hydrogen) atoms. The molecule has 0 spiro atoms. The highest BCUT2D eigenvalue weighted by atomic mass is 16.5. The lowest BCUT2D eigenvalue weighted by Gasteiger charge is -2.15. The number of carbonyl (C=O) groups is 1. The summed E-state index contributed by atoms with van der Waals surface area (Å²) in [4.78, 5) is 10.9. The Balaban J connectivity index is 1.98. The second kappa shape index (κ2) is 8.39. The fraction of sp³-hybridized carbons (Fsp3) is 0.350. The number of hydrogen-bond donors (Lipinski definition) is 0. The maximum atomic E-state index is 10.9. The van der Waals surface area contributed by atoms with Crippen LogP contribution in [0.3, 0.4) is 0 Å². The maximum absolute atomic E-state index is 10.9. The van der Waals surface area contributed by atoms with Gasteiger partial charge < -0.3 is 14.2 Å². The van der Waals surface area contributed by atoms with E-state index in [9.17, 15) is 4.79 Å². The summed E-state index contributed by atoms with van der Waals surface area (Å²) in [5.74, 6) is 2.11. The van der Waals surface area contributed by atoms with Crippen molar-refractivity contribution < 1.29 is 19.0 Å². The Labute approximate surface area is 143 Å². The summed E-state index contributed by atoms with van der Waals surface area (Å²) in [7, 11) is 0. The van der Waals surface area contributed by atoms with E-state index in [0.717, 1.165) is 23.2 Å². The molecule has 0 aliphatic heterocycles. The summed E-state index contributed by atoms with van der Waals surface area (Å²) in [6.45, 7) is 9.40. The summed E-state index contributed by atoms with van der Waals surface area (Å²) in [6.07, 6.45) is 0.790. The van der Waals surface area contributed by atoms with Gasteiger partial charge in [0.25, 0.3) is 0 Å². The monoisotopic (exact) mass is 328 g/mol. The molecular formula is C20H24O4. The molecule has 0 N–H and O–H groups in total. The molecule has 4 heteroatoms. The smallest absolute Gasteiger partial charge is 0.161 e. The van der Waals surface area contributed by atoms with Crippen molar-refractivity contribution in [1.82, 2.24) is 0 Å². The van der Waals surface area contributed by atoms with Gasteiger partial charge in [-0.15, -0.1) is 0 Å². The van der Waals surface area contributed by atoms with E-state index in [1.807, 2.05) is 13.8 Å². The van der Waals surface area contributed by atoms with E-state index in [1.54, 1.807) is 18.2 Å². The molecule has 0 saturated carbocycles. The normalized spacial score (nSPS) is 10.3.